The number of hydrogen-bond donors (Lipinski definition) is 1. The van der Waals surface area contributed by atoms with Gasteiger partial charge in [-0.05, 0) is 23.8 Å². The molecule has 124 valence electrons. The molecule has 0 unspecified atom stereocenters. The van der Waals surface area contributed by atoms with E-state index < -0.39 is 5.97 Å². The van der Waals surface area contributed by atoms with Gasteiger partial charge in [0.1, 0.15) is 5.82 Å². The van der Waals surface area contributed by atoms with Crippen LogP contribution in [0.5, 0.6) is 0 Å². The summed E-state index contributed by atoms with van der Waals surface area (Å²) in [6.07, 6.45) is -0.0585. The Morgan fingerprint density at radius 3 is 2.46 bits per heavy atom. The van der Waals surface area contributed by atoms with Gasteiger partial charge in [0.25, 0.3) is 0 Å². The van der Waals surface area contributed by atoms with Crippen molar-refractivity contribution in [3.63, 3.8) is 0 Å². The molecule has 0 aromatic heterocycles. The Hall–Kier alpha value is -2.41. The lowest BCUT2D eigenvalue weighted by molar-refractivity contribution is -0.137. The number of nitriles is 1. The van der Waals surface area contributed by atoms with Gasteiger partial charge in [0.05, 0.1) is 19.1 Å². The largest absolute Gasteiger partial charge is 0.481 e. The van der Waals surface area contributed by atoms with E-state index in [1.807, 2.05) is 11.0 Å². The standard InChI is InChI=1S/C16H14Cl2N4O2/c1-20-14(9-19)16-21(3-2-15(23)24)4-5-22(16)10-11-6-12(17)8-13(18)7-11/h6-8H,2-5,10H2,(H,23,24)/b16-14+. The van der Waals surface area contributed by atoms with Crippen molar-refractivity contribution in [1.82, 2.24) is 9.80 Å². The molecule has 0 bridgehead atoms. The molecule has 0 atom stereocenters. The number of hydrogen-bond acceptors (Lipinski definition) is 4. The normalized spacial score (nSPS) is 15.8. The molecule has 8 heteroatoms. The van der Waals surface area contributed by atoms with Crippen molar-refractivity contribution in [3.8, 4) is 6.07 Å². The van der Waals surface area contributed by atoms with Gasteiger partial charge in [0.2, 0.25) is 0 Å². The zero-order chi connectivity index (χ0) is 17.7. The predicted molar refractivity (Wildman–Crippen MR) is 89.9 cm³/mol. The average Bonchev–Trinajstić information content (AvgIpc) is 2.88. The third-order valence-electron chi connectivity index (χ3n) is 3.56. The number of aliphatic carboxylic acids is 1. The summed E-state index contributed by atoms with van der Waals surface area (Å²) in [6, 6.07) is 7.07. The Kier molecular flexibility index (Phi) is 5.92. The first-order valence-electron chi connectivity index (χ1n) is 7.13. The van der Waals surface area contributed by atoms with Crippen molar-refractivity contribution in [1.29, 1.82) is 5.26 Å². The zero-order valence-corrected chi connectivity index (χ0v) is 14.2. The fourth-order valence-electron chi connectivity index (χ4n) is 2.60. The van der Waals surface area contributed by atoms with Crippen molar-refractivity contribution in [3.05, 3.63) is 56.7 Å². The van der Waals surface area contributed by atoms with Crippen molar-refractivity contribution in [2.75, 3.05) is 19.6 Å². The van der Waals surface area contributed by atoms with E-state index in [4.69, 9.17) is 34.9 Å². The Morgan fingerprint density at radius 2 is 1.92 bits per heavy atom. The van der Waals surface area contributed by atoms with Gasteiger partial charge < -0.3 is 14.9 Å². The maximum atomic E-state index is 10.8. The van der Waals surface area contributed by atoms with Crippen LogP contribution < -0.4 is 0 Å². The number of rotatable bonds is 5. The van der Waals surface area contributed by atoms with Crippen LogP contribution in [0.4, 0.5) is 0 Å². The van der Waals surface area contributed by atoms with E-state index in [1.165, 1.54) is 0 Å². The van der Waals surface area contributed by atoms with Crippen molar-refractivity contribution in [2.24, 2.45) is 0 Å². The van der Waals surface area contributed by atoms with Crippen LogP contribution in [0.1, 0.15) is 12.0 Å². The smallest absolute Gasteiger partial charge is 0.305 e. The molecule has 1 aromatic rings. The van der Waals surface area contributed by atoms with Crippen LogP contribution in [-0.4, -0.2) is 40.5 Å². The van der Waals surface area contributed by atoms with E-state index >= 15 is 0 Å². The third kappa shape index (κ3) is 4.32. The number of allylic oxidation sites excluding steroid dienone is 1. The highest BCUT2D eigenvalue weighted by molar-refractivity contribution is 6.34. The van der Waals surface area contributed by atoms with Crippen molar-refractivity contribution in [2.45, 2.75) is 13.0 Å². The molecule has 6 nitrogen and oxygen atoms in total. The summed E-state index contributed by atoms with van der Waals surface area (Å²) in [7, 11) is 0. The minimum Gasteiger partial charge on any atom is -0.481 e. The van der Waals surface area contributed by atoms with Crippen LogP contribution in [0.15, 0.2) is 29.7 Å². The molecule has 0 saturated carbocycles. The van der Waals surface area contributed by atoms with Crippen LogP contribution in [0.25, 0.3) is 4.85 Å². The molecular formula is C16H14Cl2N4O2. The molecule has 1 heterocycles. The Morgan fingerprint density at radius 1 is 1.29 bits per heavy atom. The average molecular weight is 365 g/mol. The molecule has 24 heavy (non-hydrogen) atoms. The van der Waals surface area contributed by atoms with Gasteiger partial charge >= 0.3 is 11.7 Å². The zero-order valence-electron chi connectivity index (χ0n) is 12.7. The third-order valence-corrected chi connectivity index (χ3v) is 4.00. The lowest BCUT2D eigenvalue weighted by atomic mass is 10.2. The van der Waals surface area contributed by atoms with Crippen LogP contribution in [0.2, 0.25) is 10.0 Å². The van der Waals surface area contributed by atoms with E-state index in [0.717, 1.165) is 5.56 Å². The summed E-state index contributed by atoms with van der Waals surface area (Å²) in [5.41, 5.74) is 0.804. The Bertz CT molecular complexity index is 728. The Labute approximate surface area is 149 Å². The summed E-state index contributed by atoms with van der Waals surface area (Å²) < 4.78 is 0. The first-order valence-corrected chi connectivity index (χ1v) is 7.88. The topological polar surface area (TPSA) is 71.9 Å². The second-order valence-electron chi connectivity index (χ2n) is 5.23. The molecule has 1 fully saturated rings. The molecule has 1 aliphatic heterocycles. The summed E-state index contributed by atoms with van der Waals surface area (Å²) >= 11 is 12.0. The lowest BCUT2D eigenvalue weighted by Crippen LogP contribution is -2.26. The number of carboxylic acids is 1. The summed E-state index contributed by atoms with van der Waals surface area (Å²) in [6.45, 7) is 9.02. The van der Waals surface area contributed by atoms with Crippen LogP contribution in [-0.2, 0) is 11.3 Å². The van der Waals surface area contributed by atoms with Gasteiger partial charge in [-0.3, -0.25) is 4.79 Å². The SMILES string of the molecule is [C-]#[N+]/C(C#N)=C1\N(CCC(=O)O)CCN1Cc1cc(Cl)cc(Cl)c1. The first kappa shape index (κ1) is 17.9. The van der Waals surface area contributed by atoms with Gasteiger partial charge in [0.15, 0.2) is 0 Å². The summed E-state index contributed by atoms with van der Waals surface area (Å²) in [5.74, 6) is -0.458. The van der Waals surface area contributed by atoms with Crippen LogP contribution >= 0.6 is 23.2 Å². The van der Waals surface area contributed by atoms with Crippen molar-refractivity contribution >= 4 is 29.2 Å². The van der Waals surface area contributed by atoms with E-state index in [0.29, 0.717) is 35.5 Å². The first-order chi connectivity index (χ1) is 11.4. The molecule has 1 saturated heterocycles. The number of carboxylic acid groups (broad SMARTS) is 1. The number of halogens is 2. The lowest BCUT2D eigenvalue weighted by Gasteiger charge is -2.25. The van der Waals surface area contributed by atoms with Gasteiger partial charge in [-0.1, -0.05) is 23.2 Å². The molecule has 1 N–H and O–H groups in total. The second-order valence-corrected chi connectivity index (χ2v) is 6.10. The second kappa shape index (κ2) is 7.92. The number of carbonyl (C=O) groups is 1. The van der Waals surface area contributed by atoms with Gasteiger partial charge in [0, 0.05) is 36.2 Å². The molecule has 0 aliphatic carbocycles. The summed E-state index contributed by atoms with van der Waals surface area (Å²) in [5, 5.41) is 19.1. The monoisotopic (exact) mass is 364 g/mol. The Balaban J connectivity index is 2.28. The van der Waals surface area contributed by atoms with Gasteiger partial charge in [-0.25, -0.2) is 10.1 Å². The quantitative estimate of drug-likeness (QED) is 0.641. The highest BCUT2D eigenvalue weighted by Gasteiger charge is 2.28. The van der Waals surface area contributed by atoms with E-state index in [9.17, 15) is 10.1 Å². The molecule has 0 radical (unpaired) electrons. The van der Waals surface area contributed by atoms with E-state index in [1.54, 1.807) is 23.1 Å². The molecule has 1 aromatic carbocycles. The minimum absolute atomic E-state index is 0.0500. The van der Waals surface area contributed by atoms with Crippen molar-refractivity contribution < 1.29 is 9.90 Å². The predicted octanol–water partition coefficient (Wildman–Crippen LogP) is 3.20. The molecular weight excluding hydrogens is 351 g/mol. The van der Waals surface area contributed by atoms with E-state index in [2.05, 4.69) is 4.85 Å². The van der Waals surface area contributed by atoms with Crippen LogP contribution in [0.3, 0.4) is 0 Å². The van der Waals surface area contributed by atoms with Gasteiger partial charge in [-0.15, -0.1) is 0 Å². The highest BCUT2D eigenvalue weighted by Crippen LogP contribution is 2.27. The molecule has 0 spiro atoms. The van der Waals surface area contributed by atoms with E-state index in [-0.39, 0.29) is 18.7 Å². The fourth-order valence-corrected chi connectivity index (χ4v) is 3.17. The highest BCUT2D eigenvalue weighted by atomic mass is 35.5. The maximum Gasteiger partial charge on any atom is 0.305 e. The maximum absolute atomic E-state index is 10.8. The molecule has 1 aliphatic rings. The van der Waals surface area contributed by atoms with Gasteiger partial charge in [-0.2, -0.15) is 0 Å². The van der Waals surface area contributed by atoms with Crippen LogP contribution in [0, 0.1) is 17.9 Å². The summed E-state index contributed by atoms with van der Waals surface area (Å²) in [4.78, 5) is 17.7. The molecule has 2 rings (SSSR count). The number of benzene rings is 1. The number of nitrogens with zero attached hydrogens (tertiary/aromatic N) is 4. The fraction of sp³-hybridized carbons (Fsp3) is 0.312. The molecule has 0 amide bonds. The minimum atomic E-state index is -0.921.